The van der Waals surface area contributed by atoms with Crippen LogP contribution >= 0.6 is 34.5 Å². The first-order valence-electron chi connectivity index (χ1n) is 6.95. The van der Waals surface area contributed by atoms with E-state index in [1.54, 1.807) is 0 Å². The molecule has 20 heavy (non-hydrogen) atoms. The quantitative estimate of drug-likeness (QED) is 0.625. The van der Waals surface area contributed by atoms with Crippen LogP contribution in [0.4, 0.5) is 5.13 Å². The molecule has 0 spiro atoms. The molecular formula is C15H14Cl2N2S. The van der Waals surface area contributed by atoms with Crippen LogP contribution in [0.15, 0.2) is 12.1 Å². The molecule has 0 radical (unpaired) electrons. The van der Waals surface area contributed by atoms with Crippen LogP contribution in [-0.4, -0.2) is 18.1 Å². The van der Waals surface area contributed by atoms with Crippen molar-refractivity contribution in [2.75, 3.05) is 18.0 Å². The molecular weight excluding hydrogens is 311 g/mol. The summed E-state index contributed by atoms with van der Waals surface area (Å²) < 4.78 is 0. The topological polar surface area (TPSA) is 16.1 Å². The maximum Gasteiger partial charge on any atom is 0.186 e. The lowest BCUT2D eigenvalue weighted by molar-refractivity contribution is 0.577. The SMILES string of the molecule is Clc1cc(Cl)c2c(c1)-c1nc(N3CCCCC3)sc1C2. The number of nitrogens with zero attached hydrogens (tertiary/aromatic N) is 2. The van der Waals surface area contributed by atoms with Crippen LogP contribution in [0.1, 0.15) is 29.7 Å². The number of hydrogen-bond donors (Lipinski definition) is 0. The van der Waals surface area contributed by atoms with Gasteiger partial charge in [0.05, 0.1) is 5.69 Å². The first-order valence-corrected chi connectivity index (χ1v) is 8.52. The van der Waals surface area contributed by atoms with E-state index >= 15 is 0 Å². The Hall–Kier alpha value is -0.770. The Bertz CT molecular complexity index is 675. The third-order valence-corrected chi connectivity index (χ3v) is 5.74. The average Bonchev–Trinajstić information content (AvgIpc) is 2.99. The highest BCUT2D eigenvalue weighted by Crippen LogP contribution is 2.45. The molecule has 0 N–H and O–H groups in total. The van der Waals surface area contributed by atoms with Crippen LogP contribution in [0.2, 0.25) is 10.0 Å². The van der Waals surface area contributed by atoms with E-state index < -0.39 is 0 Å². The molecule has 2 heterocycles. The Balaban J connectivity index is 1.75. The van der Waals surface area contributed by atoms with E-state index in [0.717, 1.165) is 40.9 Å². The number of halogens is 2. The summed E-state index contributed by atoms with van der Waals surface area (Å²) in [7, 11) is 0. The highest BCUT2D eigenvalue weighted by atomic mass is 35.5. The van der Waals surface area contributed by atoms with E-state index in [9.17, 15) is 0 Å². The predicted octanol–water partition coefficient (Wildman–Crippen LogP) is 5.01. The summed E-state index contributed by atoms with van der Waals surface area (Å²) in [4.78, 5) is 8.60. The molecule has 1 aromatic heterocycles. The Morgan fingerprint density at radius 2 is 1.90 bits per heavy atom. The first-order chi connectivity index (χ1) is 9.72. The van der Waals surface area contributed by atoms with E-state index in [-0.39, 0.29) is 0 Å². The number of hydrogen-bond acceptors (Lipinski definition) is 3. The lowest BCUT2D eigenvalue weighted by Gasteiger charge is -2.26. The van der Waals surface area contributed by atoms with E-state index in [4.69, 9.17) is 28.2 Å². The van der Waals surface area contributed by atoms with Crippen molar-refractivity contribution in [3.8, 4) is 11.3 Å². The second-order valence-corrected chi connectivity index (χ2v) is 7.31. The van der Waals surface area contributed by atoms with Crippen molar-refractivity contribution < 1.29 is 0 Å². The van der Waals surface area contributed by atoms with E-state index in [1.807, 2.05) is 23.5 Å². The highest BCUT2D eigenvalue weighted by Gasteiger charge is 2.27. The number of aromatic nitrogens is 1. The van der Waals surface area contributed by atoms with Crippen LogP contribution in [0.3, 0.4) is 0 Å². The standard InChI is InChI=1S/C15H14Cl2N2S/c16-9-6-11-10(12(17)7-9)8-13-14(11)18-15(20-13)19-4-2-1-3-5-19/h6-7H,1-5,8H2. The molecule has 0 atom stereocenters. The number of thiazole rings is 1. The lowest BCUT2D eigenvalue weighted by Crippen LogP contribution is -2.29. The maximum atomic E-state index is 6.29. The summed E-state index contributed by atoms with van der Waals surface area (Å²) in [6, 6.07) is 3.82. The van der Waals surface area contributed by atoms with Gasteiger partial charge in [0.25, 0.3) is 0 Å². The summed E-state index contributed by atoms with van der Waals surface area (Å²) >= 11 is 14.2. The van der Waals surface area contributed by atoms with Crippen LogP contribution in [0, 0.1) is 0 Å². The van der Waals surface area contributed by atoms with Crippen molar-refractivity contribution in [2.45, 2.75) is 25.7 Å². The Labute approximate surface area is 132 Å². The molecule has 1 aliphatic heterocycles. The molecule has 4 rings (SSSR count). The van der Waals surface area contributed by atoms with Gasteiger partial charge in [0.2, 0.25) is 0 Å². The summed E-state index contributed by atoms with van der Waals surface area (Å²) in [5.41, 5.74) is 3.39. The van der Waals surface area contributed by atoms with Crippen molar-refractivity contribution in [2.24, 2.45) is 0 Å². The third-order valence-electron chi connectivity index (χ3n) is 4.07. The van der Waals surface area contributed by atoms with Crippen LogP contribution in [-0.2, 0) is 6.42 Å². The minimum absolute atomic E-state index is 0.689. The molecule has 2 aliphatic rings. The molecule has 0 unspecified atom stereocenters. The molecule has 1 aromatic carbocycles. The molecule has 2 aromatic rings. The average molecular weight is 325 g/mol. The number of anilines is 1. The van der Waals surface area contributed by atoms with Crippen LogP contribution < -0.4 is 4.90 Å². The van der Waals surface area contributed by atoms with Gasteiger partial charge in [0.1, 0.15) is 0 Å². The minimum Gasteiger partial charge on any atom is -0.348 e. The van der Waals surface area contributed by atoms with Gasteiger partial charge in [-0.15, -0.1) is 11.3 Å². The molecule has 1 aliphatic carbocycles. The van der Waals surface area contributed by atoms with E-state index in [0.29, 0.717) is 5.02 Å². The van der Waals surface area contributed by atoms with Gasteiger partial charge in [0.15, 0.2) is 5.13 Å². The van der Waals surface area contributed by atoms with Gasteiger partial charge in [-0.05, 0) is 37.0 Å². The Morgan fingerprint density at radius 1 is 1.10 bits per heavy atom. The monoisotopic (exact) mass is 324 g/mol. The molecule has 104 valence electrons. The van der Waals surface area contributed by atoms with Crippen LogP contribution in [0.5, 0.6) is 0 Å². The second-order valence-electron chi connectivity index (χ2n) is 5.41. The van der Waals surface area contributed by atoms with Gasteiger partial charge in [-0.25, -0.2) is 4.98 Å². The normalized spacial score (nSPS) is 17.2. The fraction of sp³-hybridized carbons (Fsp3) is 0.400. The molecule has 0 bridgehead atoms. The summed E-state index contributed by atoms with van der Waals surface area (Å²) in [5, 5.41) is 2.61. The van der Waals surface area contributed by atoms with Gasteiger partial charge in [0, 0.05) is 40.0 Å². The van der Waals surface area contributed by atoms with Gasteiger partial charge in [-0.3, -0.25) is 0 Å². The summed E-state index contributed by atoms with van der Waals surface area (Å²) in [5.74, 6) is 0. The first kappa shape index (κ1) is 12.9. The zero-order valence-corrected chi connectivity index (χ0v) is 13.3. The minimum atomic E-state index is 0.689. The number of benzene rings is 1. The van der Waals surface area contributed by atoms with Gasteiger partial charge >= 0.3 is 0 Å². The van der Waals surface area contributed by atoms with E-state index in [2.05, 4.69) is 4.90 Å². The van der Waals surface area contributed by atoms with Crippen molar-refractivity contribution in [3.63, 3.8) is 0 Å². The maximum absolute atomic E-state index is 6.29. The Morgan fingerprint density at radius 3 is 2.70 bits per heavy atom. The van der Waals surface area contributed by atoms with E-state index in [1.165, 1.54) is 29.7 Å². The molecule has 0 saturated carbocycles. The number of piperidine rings is 1. The fourth-order valence-electron chi connectivity index (χ4n) is 3.05. The van der Waals surface area contributed by atoms with Crippen molar-refractivity contribution in [1.29, 1.82) is 0 Å². The fourth-order valence-corrected chi connectivity index (χ4v) is 4.74. The van der Waals surface area contributed by atoms with Gasteiger partial charge in [-0.1, -0.05) is 23.2 Å². The van der Waals surface area contributed by atoms with Gasteiger partial charge < -0.3 is 4.90 Å². The van der Waals surface area contributed by atoms with Crippen LogP contribution in [0.25, 0.3) is 11.3 Å². The molecule has 1 saturated heterocycles. The van der Waals surface area contributed by atoms with Crippen molar-refractivity contribution in [3.05, 3.63) is 32.6 Å². The lowest BCUT2D eigenvalue weighted by atomic mass is 10.1. The summed E-state index contributed by atoms with van der Waals surface area (Å²) in [6.07, 6.45) is 4.79. The summed E-state index contributed by atoms with van der Waals surface area (Å²) in [6.45, 7) is 2.27. The third kappa shape index (κ3) is 2.03. The highest BCUT2D eigenvalue weighted by molar-refractivity contribution is 7.16. The van der Waals surface area contributed by atoms with Gasteiger partial charge in [-0.2, -0.15) is 0 Å². The molecule has 2 nitrogen and oxygen atoms in total. The van der Waals surface area contributed by atoms with Crippen molar-refractivity contribution >= 4 is 39.7 Å². The molecule has 1 fully saturated rings. The second kappa shape index (κ2) is 4.90. The molecule has 0 amide bonds. The smallest absolute Gasteiger partial charge is 0.186 e. The zero-order chi connectivity index (χ0) is 13.7. The largest absolute Gasteiger partial charge is 0.348 e. The number of fused-ring (bicyclic) bond motifs is 3. The predicted molar refractivity (Wildman–Crippen MR) is 86.4 cm³/mol. The van der Waals surface area contributed by atoms with Crippen molar-refractivity contribution in [1.82, 2.24) is 4.98 Å². The number of rotatable bonds is 1. The molecule has 5 heteroatoms. The Kier molecular flexibility index (Phi) is 3.17. The zero-order valence-electron chi connectivity index (χ0n) is 11.0.